The molecule has 0 unspecified atom stereocenters. The minimum atomic E-state index is -0.199. The average molecular weight is 330 g/mol. The Labute approximate surface area is 146 Å². The van der Waals surface area contributed by atoms with Crippen LogP contribution in [0.1, 0.15) is 59.3 Å². The van der Waals surface area contributed by atoms with Crippen molar-refractivity contribution in [3.8, 4) is 0 Å². The molecule has 1 heterocycles. The second-order valence-electron chi connectivity index (χ2n) is 6.90. The quantitative estimate of drug-likeness (QED) is 0.498. The normalized spacial score (nSPS) is 30.2. The Kier molecular flexibility index (Phi) is 7.04. The molecule has 0 fully saturated rings. The fraction of sp³-hybridized carbons (Fsp3) is 0.571. The molecule has 0 amide bonds. The molecule has 0 radical (unpaired) electrons. The summed E-state index contributed by atoms with van der Waals surface area (Å²) in [6, 6.07) is 0. The van der Waals surface area contributed by atoms with Gasteiger partial charge < -0.3 is 9.47 Å². The number of hydrogen-bond acceptors (Lipinski definition) is 3. The highest BCUT2D eigenvalue weighted by Gasteiger charge is 2.22. The molecule has 0 aromatic carbocycles. The number of allylic oxidation sites excluding steroid dienone is 4. The maximum atomic E-state index is 11.9. The molecule has 132 valence electrons. The SMILES string of the molecule is COC(=O)/C1=C\CC/C(C)=C/[C@@H]2OCC(C)=C2CC/C(C)=C/CC1. The fourth-order valence-corrected chi connectivity index (χ4v) is 3.30. The van der Waals surface area contributed by atoms with Gasteiger partial charge >= 0.3 is 5.97 Å². The van der Waals surface area contributed by atoms with Crippen molar-refractivity contribution in [2.24, 2.45) is 0 Å². The Balaban J connectivity index is 2.21. The molecule has 24 heavy (non-hydrogen) atoms. The summed E-state index contributed by atoms with van der Waals surface area (Å²) in [6.45, 7) is 7.26. The van der Waals surface area contributed by atoms with E-state index in [0.717, 1.165) is 50.7 Å². The predicted molar refractivity (Wildman–Crippen MR) is 97.8 cm³/mol. The highest BCUT2D eigenvalue weighted by molar-refractivity contribution is 5.88. The molecule has 0 saturated heterocycles. The number of rotatable bonds is 1. The van der Waals surface area contributed by atoms with E-state index in [1.807, 2.05) is 6.08 Å². The minimum absolute atomic E-state index is 0.129. The highest BCUT2D eigenvalue weighted by Crippen LogP contribution is 2.29. The molecule has 3 heteroatoms. The van der Waals surface area contributed by atoms with Crippen LogP contribution in [0.4, 0.5) is 0 Å². The number of methoxy groups -OCH3 is 1. The molecule has 1 aliphatic heterocycles. The van der Waals surface area contributed by atoms with E-state index >= 15 is 0 Å². The van der Waals surface area contributed by atoms with Gasteiger partial charge in [0.15, 0.2) is 0 Å². The average Bonchev–Trinajstić information content (AvgIpc) is 2.90. The molecule has 0 N–H and O–H groups in total. The summed E-state index contributed by atoms with van der Waals surface area (Å²) in [5.41, 5.74) is 6.32. The lowest BCUT2D eigenvalue weighted by molar-refractivity contribution is -0.136. The van der Waals surface area contributed by atoms with Crippen LogP contribution in [-0.4, -0.2) is 25.8 Å². The summed E-state index contributed by atoms with van der Waals surface area (Å²) in [7, 11) is 1.45. The predicted octanol–water partition coefficient (Wildman–Crippen LogP) is 5.05. The molecule has 3 nitrogen and oxygen atoms in total. The monoisotopic (exact) mass is 330 g/mol. The van der Waals surface area contributed by atoms with E-state index in [4.69, 9.17) is 9.47 Å². The maximum Gasteiger partial charge on any atom is 0.333 e. The van der Waals surface area contributed by atoms with E-state index in [1.165, 1.54) is 29.4 Å². The van der Waals surface area contributed by atoms with Gasteiger partial charge in [0, 0.05) is 5.57 Å². The molecular formula is C21H30O3. The Morgan fingerprint density at radius 2 is 1.79 bits per heavy atom. The number of ether oxygens (including phenoxy) is 2. The van der Waals surface area contributed by atoms with Crippen molar-refractivity contribution in [2.75, 3.05) is 13.7 Å². The second kappa shape index (κ2) is 9.03. The van der Waals surface area contributed by atoms with E-state index in [9.17, 15) is 4.79 Å². The minimum Gasteiger partial charge on any atom is -0.466 e. The van der Waals surface area contributed by atoms with Crippen molar-refractivity contribution in [1.82, 2.24) is 0 Å². The summed E-state index contributed by atoms with van der Waals surface area (Å²) < 4.78 is 10.9. The Hall–Kier alpha value is -1.61. The van der Waals surface area contributed by atoms with E-state index in [1.54, 1.807) is 0 Å². The number of carbonyl (C=O) groups is 1. The molecular weight excluding hydrogens is 300 g/mol. The van der Waals surface area contributed by atoms with Gasteiger partial charge in [0.25, 0.3) is 0 Å². The van der Waals surface area contributed by atoms with Gasteiger partial charge in [-0.3, -0.25) is 0 Å². The van der Waals surface area contributed by atoms with E-state index in [-0.39, 0.29) is 12.1 Å². The first-order valence-corrected chi connectivity index (χ1v) is 8.91. The summed E-state index contributed by atoms with van der Waals surface area (Å²) in [5, 5.41) is 0. The number of fused-ring (bicyclic) bond motifs is 1. The van der Waals surface area contributed by atoms with Crippen LogP contribution in [0.5, 0.6) is 0 Å². The van der Waals surface area contributed by atoms with Crippen molar-refractivity contribution >= 4 is 5.97 Å². The van der Waals surface area contributed by atoms with Crippen molar-refractivity contribution in [1.29, 1.82) is 0 Å². The first-order valence-electron chi connectivity index (χ1n) is 8.91. The zero-order valence-corrected chi connectivity index (χ0v) is 15.5. The van der Waals surface area contributed by atoms with Gasteiger partial charge in [0.05, 0.1) is 19.8 Å². The van der Waals surface area contributed by atoms with Gasteiger partial charge in [-0.1, -0.05) is 29.4 Å². The molecule has 1 aliphatic carbocycles. The number of esters is 1. The summed E-state index contributed by atoms with van der Waals surface area (Å²) in [5.74, 6) is -0.199. The van der Waals surface area contributed by atoms with Crippen molar-refractivity contribution < 1.29 is 14.3 Å². The standard InChI is InChI=1S/C21H30O3/c1-15-7-5-9-18(21(22)23-4)10-6-8-16(2)13-20-19(12-11-15)17(3)14-24-20/h7,10,13,20H,5-6,8-9,11-12,14H2,1-4H3/b15-7+,16-13+,18-10-/t20-/m0/s1. The van der Waals surface area contributed by atoms with Crippen LogP contribution in [0, 0.1) is 0 Å². The third-order valence-electron chi connectivity index (χ3n) is 4.88. The lowest BCUT2D eigenvalue weighted by Crippen LogP contribution is -2.08. The zero-order chi connectivity index (χ0) is 17.5. The molecule has 0 spiro atoms. The Bertz CT molecular complexity index is 590. The number of carbonyl (C=O) groups excluding carboxylic acids is 1. The second-order valence-corrected chi connectivity index (χ2v) is 6.90. The first-order chi connectivity index (χ1) is 11.5. The summed E-state index contributed by atoms with van der Waals surface area (Å²) in [6.07, 6.45) is 12.2. The highest BCUT2D eigenvalue weighted by atomic mass is 16.5. The molecule has 2 aliphatic rings. The lowest BCUT2D eigenvalue weighted by Gasteiger charge is -2.14. The van der Waals surface area contributed by atoms with Gasteiger partial charge in [-0.25, -0.2) is 4.79 Å². The maximum absolute atomic E-state index is 11.9. The first kappa shape index (κ1) is 18.7. The smallest absolute Gasteiger partial charge is 0.333 e. The van der Waals surface area contributed by atoms with Crippen LogP contribution < -0.4 is 0 Å². The zero-order valence-electron chi connectivity index (χ0n) is 15.5. The van der Waals surface area contributed by atoms with Gasteiger partial charge in [0.2, 0.25) is 0 Å². The molecule has 1 atom stereocenters. The molecule has 0 aromatic heterocycles. The Morgan fingerprint density at radius 1 is 1.04 bits per heavy atom. The molecule has 0 bridgehead atoms. The van der Waals surface area contributed by atoms with Crippen LogP contribution in [0.2, 0.25) is 0 Å². The van der Waals surface area contributed by atoms with E-state index < -0.39 is 0 Å². The number of hydrogen-bond donors (Lipinski definition) is 0. The van der Waals surface area contributed by atoms with Crippen molar-refractivity contribution in [3.05, 3.63) is 46.1 Å². The largest absolute Gasteiger partial charge is 0.466 e. The molecule has 2 rings (SSSR count). The van der Waals surface area contributed by atoms with Crippen LogP contribution in [0.25, 0.3) is 0 Å². The van der Waals surface area contributed by atoms with Crippen LogP contribution >= 0.6 is 0 Å². The topological polar surface area (TPSA) is 35.5 Å². The summed E-state index contributed by atoms with van der Waals surface area (Å²) >= 11 is 0. The molecule has 0 saturated carbocycles. The van der Waals surface area contributed by atoms with Crippen molar-refractivity contribution in [2.45, 2.75) is 65.4 Å². The van der Waals surface area contributed by atoms with Crippen molar-refractivity contribution in [3.63, 3.8) is 0 Å². The third kappa shape index (κ3) is 5.20. The van der Waals surface area contributed by atoms with Crippen LogP contribution in [0.15, 0.2) is 46.1 Å². The van der Waals surface area contributed by atoms with Gasteiger partial charge in [-0.15, -0.1) is 0 Å². The fourth-order valence-electron chi connectivity index (χ4n) is 3.30. The lowest BCUT2D eigenvalue weighted by atomic mass is 9.95. The van der Waals surface area contributed by atoms with Crippen LogP contribution in [-0.2, 0) is 14.3 Å². The third-order valence-corrected chi connectivity index (χ3v) is 4.88. The van der Waals surface area contributed by atoms with E-state index in [2.05, 4.69) is 32.9 Å². The summed E-state index contributed by atoms with van der Waals surface area (Å²) in [4.78, 5) is 11.9. The van der Waals surface area contributed by atoms with Crippen LogP contribution in [0.3, 0.4) is 0 Å². The molecule has 0 aromatic rings. The van der Waals surface area contributed by atoms with Gasteiger partial charge in [-0.05, 0) is 70.4 Å². The Morgan fingerprint density at radius 3 is 2.54 bits per heavy atom. The van der Waals surface area contributed by atoms with E-state index in [0.29, 0.717) is 0 Å². The van der Waals surface area contributed by atoms with Gasteiger partial charge in [0.1, 0.15) is 0 Å². The van der Waals surface area contributed by atoms with Gasteiger partial charge in [-0.2, -0.15) is 0 Å².